The minimum Gasteiger partial charge on any atom is -0.346 e. The lowest BCUT2D eigenvalue weighted by Crippen LogP contribution is -2.47. The van der Waals surface area contributed by atoms with E-state index in [-0.39, 0.29) is 24.4 Å². The van der Waals surface area contributed by atoms with Crippen LogP contribution >= 0.6 is 7.60 Å². The number of hydrogen-bond donors (Lipinski definition) is 1. The lowest BCUT2D eigenvalue weighted by molar-refractivity contribution is -0.141. The maximum atomic E-state index is 13.6. The van der Waals surface area contributed by atoms with E-state index >= 15 is 0 Å². The predicted octanol–water partition coefficient (Wildman–Crippen LogP) is 7.34. The third-order valence-corrected chi connectivity index (χ3v) is 8.29. The zero-order valence-corrected chi connectivity index (χ0v) is 22.8. The van der Waals surface area contributed by atoms with Crippen LogP contribution in [0.25, 0.3) is 11.1 Å². The van der Waals surface area contributed by atoms with Crippen LogP contribution in [-0.2, 0) is 23.8 Å². The van der Waals surface area contributed by atoms with Crippen molar-refractivity contribution in [3.05, 3.63) is 59.7 Å². The summed E-state index contributed by atoms with van der Waals surface area (Å²) in [6.45, 7) is 7.06. The van der Waals surface area contributed by atoms with Gasteiger partial charge in [0.05, 0.1) is 19.4 Å². The van der Waals surface area contributed by atoms with Gasteiger partial charge in [0.1, 0.15) is 12.0 Å². The lowest BCUT2D eigenvalue weighted by atomic mass is 9.73. The second kappa shape index (κ2) is 12.1. The second-order valence-electron chi connectivity index (χ2n) is 10.5. The van der Waals surface area contributed by atoms with E-state index in [0.29, 0.717) is 37.2 Å². The Labute approximate surface area is 217 Å². The van der Waals surface area contributed by atoms with Crippen LogP contribution in [0.5, 0.6) is 0 Å². The van der Waals surface area contributed by atoms with Gasteiger partial charge in [0.15, 0.2) is 0 Å². The Morgan fingerprint density at radius 3 is 1.84 bits per heavy atom. The van der Waals surface area contributed by atoms with Gasteiger partial charge < -0.3 is 14.4 Å². The highest BCUT2D eigenvalue weighted by Gasteiger charge is 2.49. The van der Waals surface area contributed by atoms with Crippen LogP contribution in [0.2, 0.25) is 0 Å². The first-order valence-corrected chi connectivity index (χ1v) is 14.5. The van der Waals surface area contributed by atoms with Crippen molar-refractivity contribution in [3.8, 4) is 11.1 Å². The Morgan fingerprint density at radius 1 is 0.892 bits per heavy atom. The number of carbonyl (C=O) groups is 1. The van der Waals surface area contributed by atoms with Crippen molar-refractivity contribution in [3.63, 3.8) is 0 Å². The summed E-state index contributed by atoms with van der Waals surface area (Å²) in [7, 11) is -3.35. The molecule has 1 aliphatic carbocycles. The SMILES string of the molecule is CC(C)COP(=O)(CCCCC1(C(=O)NCC(F)(F)F)c2ccccc2-c2ccccc21)OCC(C)C. The molecule has 3 rings (SSSR count). The van der Waals surface area contributed by atoms with Gasteiger partial charge in [-0.2, -0.15) is 13.2 Å². The highest BCUT2D eigenvalue weighted by molar-refractivity contribution is 7.53. The number of alkyl halides is 3. The summed E-state index contributed by atoms with van der Waals surface area (Å²) < 4.78 is 63.9. The van der Waals surface area contributed by atoms with Gasteiger partial charge in [0.2, 0.25) is 5.91 Å². The summed E-state index contributed by atoms with van der Waals surface area (Å²) >= 11 is 0. The molecule has 0 aromatic heterocycles. The summed E-state index contributed by atoms with van der Waals surface area (Å²) in [5, 5.41) is 2.14. The Kier molecular flexibility index (Phi) is 9.65. The van der Waals surface area contributed by atoms with Crippen LogP contribution in [0.15, 0.2) is 48.5 Å². The molecule has 204 valence electrons. The van der Waals surface area contributed by atoms with Crippen LogP contribution in [-0.4, -0.2) is 38.0 Å². The van der Waals surface area contributed by atoms with Crippen LogP contribution in [0, 0.1) is 11.8 Å². The largest absolute Gasteiger partial charge is 0.405 e. The molecule has 1 amide bonds. The highest BCUT2D eigenvalue weighted by atomic mass is 31.2. The van der Waals surface area contributed by atoms with Gasteiger partial charge >= 0.3 is 13.8 Å². The molecule has 0 saturated heterocycles. The molecule has 0 fully saturated rings. The zero-order valence-electron chi connectivity index (χ0n) is 21.9. The van der Waals surface area contributed by atoms with Crippen molar-refractivity contribution in [2.75, 3.05) is 25.9 Å². The van der Waals surface area contributed by atoms with E-state index in [1.807, 2.05) is 64.1 Å². The van der Waals surface area contributed by atoms with E-state index in [4.69, 9.17) is 9.05 Å². The fourth-order valence-corrected chi connectivity index (χ4v) is 6.67. The number of amides is 1. The number of unbranched alkanes of at least 4 members (excludes halogenated alkanes) is 1. The molecule has 9 heteroatoms. The fraction of sp³-hybridized carbons (Fsp3) is 0.536. The third-order valence-electron chi connectivity index (χ3n) is 6.34. The van der Waals surface area contributed by atoms with Crippen molar-refractivity contribution in [2.24, 2.45) is 11.8 Å². The first-order valence-electron chi connectivity index (χ1n) is 12.8. The lowest BCUT2D eigenvalue weighted by Gasteiger charge is -2.31. The van der Waals surface area contributed by atoms with Gasteiger partial charge in [0.25, 0.3) is 0 Å². The second-order valence-corrected chi connectivity index (χ2v) is 12.7. The van der Waals surface area contributed by atoms with E-state index in [1.54, 1.807) is 12.1 Å². The predicted molar refractivity (Wildman–Crippen MR) is 140 cm³/mol. The summed E-state index contributed by atoms with van der Waals surface area (Å²) in [5.74, 6) is -0.316. The van der Waals surface area contributed by atoms with Gasteiger partial charge in [-0.3, -0.25) is 9.36 Å². The standard InChI is InChI=1S/C28H37F3NO4P/c1-20(2)17-35-37(34,36-18-21(3)4)16-10-9-15-27(26(33)32-19-28(29,30)31)24-13-7-5-11-22(24)23-12-6-8-14-25(23)27/h5-8,11-14,20-21H,9-10,15-19H2,1-4H3,(H,32,33). The molecule has 0 bridgehead atoms. The number of nitrogens with one attached hydrogen (secondary N) is 1. The molecular formula is C28H37F3NO4P. The van der Waals surface area contributed by atoms with Crippen LogP contribution in [0.1, 0.15) is 58.1 Å². The monoisotopic (exact) mass is 539 g/mol. The number of rotatable bonds is 13. The first kappa shape index (κ1) is 29.4. The van der Waals surface area contributed by atoms with Gasteiger partial charge in [-0.25, -0.2) is 0 Å². The smallest absolute Gasteiger partial charge is 0.346 e. The third kappa shape index (κ3) is 7.24. The fourth-order valence-electron chi connectivity index (χ4n) is 4.67. The average molecular weight is 540 g/mol. The van der Waals surface area contributed by atoms with Gasteiger partial charge in [-0.15, -0.1) is 0 Å². The number of carbonyl (C=O) groups excluding carboxylic acids is 1. The van der Waals surface area contributed by atoms with E-state index in [0.717, 1.165) is 11.1 Å². The molecular weight excluding hydrogens is 502 g/mol. The van der Waals surface area contributed by atoms with Crippen LogP contribution in [0.4, 0.5) is 13.2 Å². The van der Waals surface area contributed by atoms with Gasteiger partial charge in [-0.05, 0) is 46.9 Å². The van der Waals surface area contributed by atoms with Crippen molar-refractivity contribution in [1.82, 2.24) is 5.32 Å². The molecule has 0 radical (unpaired) electrons. The van der Waals surface area contributed by atoms with E-state index in [9.17, 15) is 22.5 Å². The maximum Gasteiger partial charge on any atom is 0.405 e. The van der Waals surface area contributed by atoms with Gasteiger partial charge in [-0.1, -0.05) is 82.6 Å². The average Bonchev–Trinajstić information content (AvgIpc) is 3.13. The Hall–Kier alpha value is -2.15. The maximum absolute atomic E-state index is 13.6. The number of hydrogen-bond acceptors (Lipinski definition) is 4. The summed E-state index contributed by atoms with van der Waals surface area (Å²) in [5.41, 5.74) is 1.77. The van der Waals surface area contributed by atoms with Crippen molar-refractivity contribution in [1.29, 1.82) is 0 Å². The highest BCUT2D eigenvalue weighted by Crippen LogP contribution is 2.53. The van der Waals surface area contributed by atoms with E-state index in [2.05, 4.69) is 5.32 Å². The summed E-state index contributed by atoms with van der Waals surface area (Å²) in [6.07, 6.45) is -3.20. The molecule has 0 saturated carbocycles. The Bertz CT molecular complexity index is 1060. The van der Waals surface area contributed by atoms with Gasteiger partial charge in [0, 0.05) is 0 Å². The Morgan fingerprint density at radius 2 is 1.38 bits per heavy atom. The molecule has 0 atom stereocenters. The molecule has 1 N–H and O–H groups in total. The molecule has 0 aliphatic heterocycles. The van der Waals surface area contributed by atoms with Crippen LogP contribution in [0.3, 0.4) is 0 Å². The van der Waals surface area contributed by atoms with E-state index in [1.165, 1.54) is 0 Å². The molecule has 0 spiro atoms. The zero-order chi connectivity index (χ0) is 27.3. The van der Waals surface area contributed by atoms with Crippen molar-refractivity contribution < 1.29 is 31.6 Å². The Balaban J connectivity index is 1.86. The summed E-state index contributed by atoms with van der Waals surface area (Å²) in [4.78, 5) is 13.6. The molecule has 5 nitrogen and oxygen atoms in total. The molecule has 1 aliphatic rings. The normalized spacial score (nSPS) is 14.6. The quantitative estimate of drug-likeness (QED) is 0.214. The minimum absolute atomic E-state index is 0.177. The summed E-state index contributed by atoms with van der Waals surface area (Å²) in [6, 6.07) is 14.7. The molecule has 2 aromatic carbocycles. The molecule has 0 unspecified atom stereocenters. The molecule has 0 heterocycles. The van der Waals surface area contributed by atoms with Crippen LogP contribution < -0.4 is 5.32 Å². The van der Waals surface area contributed by atoms with Crippen molar-refractivity contribution >= 4 is 13.5 Å². The van der Waals surface area contributed by atoms with Crippen molar-refractivity contribution in [2.45, 2.75) is 58.5 Å². The first-order chi connectivity index (χ1) is 17.4. The molecule has 37 heavy (non-hydrogen) atoms. The minimum atomic E-state index is -4.53. The molecule has 2 aromatic rings. The van der Waals surface area contributed by atoms with E-state index < -0.39 is 31.6 Å². The number of fused-ring (bicyclic) bond motifs is 3. The number of halogens is 3. The topological polar surface area (TPSA) is 64.6 Å². The number of benzene rings is 2.